The van der Waals surface area contributed by atoms with Crippen molar-refractivity contribution < 1.29 is 4.79 Å². The van der Waals surface area contributed by atoms with E-state index >= 15 is 0 Å². The molecule has 1 aliphatic rings. The first-order valence-corrected chi connectivity index (χ1v) is 7.86. The summed E-state index contributed by atoms with van der Waals surface area (Å²) in [5.41, 5.74) is 4.17. The number of amides is 1. The lowest BCUT2D eigenvalue weighted by molar-refractivity contribution is 0.0940. The normalized spacial score (nSPS) is 14.2. The van der Waals surface area contributed by atoms with Crippen molar-refractivity contribution in [3.63, 3.8) is 0 Å². The molecule has 21 heavy (non-hydrogen) atoms. The summed E-state index contributed by atoms with van der Waals surface area (Å²) in [6.07, 6.45) is 0.984. The molecule has 0 bridgehead atoms. The number of rotatable bonds is 3. The summed E-state index contributed by atoms with van der Waals surface area (Å²) in [6, 6.07) is 13.8. The van der Waals surface area contributed by atoms with Crippen LogP contribution in [0.15, 0.2) is 46.9 Å². The fourth-order valence-corrected chi connectivity index (χ4v) is 3.00. The Balaban J connectivity index is 1.74. The van der Waals surface area contributed by atoms with E-state index in [1.165, 1.54) is 5.56 Å². The molecule has 0 fully saturated rings. The van der Waals surface area contributed by atoms with E-state index in [0.717, 1.165) is 34.3 Å². The highest BCUT2D eigenvalue weighted by molar-refractivity contribution is 9.10. The van der Waals surface area contributed by atoms with E-state index in [0.29, 0.717) is 0 Å². The molecule has 0 spiro atoms. The minimum atomic E-state index is -0.0304. The number of hydrogen-bond acceptors (Lipinski definition) is 2. The van der Waals surface area contributed by atoms with Gasteiger partial charge in [-0.15, -0.1) is 0 Å². The van der Waals surface area contributed by atoms with Crippen molar-refractivity contribution >= 4 is 27.5 Å². The average Bonchev–Trinajstić information content (AvgIpc) is 2.94. The minimum absolute atomic E-state index is 0.0265. The Morgan fingerprint density at radius 1 is 1.29 bits per heavy atom. The predicted octanol–water partition coefficient (Wildman–Crippen LogP) is 3.91. The number of anilines is 1. The standard InChI is InChI=1S/C17H17BrN2O/c1-11(12-3-2-4-15(18)10-12)20-17(21)14-5-6-16-13(9-14)7-8-19-16/h2-6,9-11,19H,7-8H2,1H3,(H,20,21)/t11-/m0/s1. The molecule has 108 valence electrons. The Hall–Kier alpha value is -1.81. The highest BCUT2D eigenvalue weighted by atomic mass is 79.9. The van der Waals surface area contributed by atoms with Gasteiger partial charge in [0, 0.05) is 22.3 Å². The Bertz CT molecular complexity index is 684. The quantitative estimate of drug-likeness (QED) is 0.886. The highest BCUT2D eigenvalue weighted by Gasteiger charge is 2.15. The molecule has 2 aromatic rings. The molecule has 0 saturated heterocycles. The first-order chi connectivity index (χ1) is 10.1. The second-order valence-electron chi connectivity index (χ2n) is 5.30. The molecule has 0 aromatic heterocycles. The number of fused-ring (bicyclic) bond motifs is 1. The SMILES string of the molecule is C[C@H](NC(=O)c1ccc2c(c1)CCN2)c1cccc(Br)c1. The summed E-state index contributed by atoms with van der Waals surface area (Å²) in [7, 11) is 0. The van der Waals surface area contributed by atoms with E-state index in [1.54, 1.807) is 0 Å². The molecular formula is C17H17BrN2O. The molecule has 3 nitrogen and oxygen atoms in total. The Labute approximate surface area is 132 Å². The van der Waals surface area contributed by atoms with Crippen molar-refractivity contribution in [2.75, 3.05) is 11.9 Å². The monoisotopic (exact) mass is 344 g/mol. The molecule has 4 heteroatoms. The van der Waals surface area contributed by atoms with Crippen LogP contribution in [0.2, 0.25) is 0 Å². The predicted molar refractivity (Wildman–Crippen MR) is 88.7 cm³/mol. The maximum Gasteiger partial charge on any atom is 0.251 e. The van der Waals surface area contributed by atoms with Gasteiger partial charge in [-0.05, 0) is 54.8 Å². The molecule has 1 aliphatic heterocycles. The van der Waals surface area contributed by atoms with Crippen LogP contribution >= 0.6 is 15.9 Å². The molecular weight excluding hydrogens is 328 g/mol. The molecule has 2 aromatic carbocycles. The van der Waals surface area contributed by atoms with Gasteiger partial charge in [0.1, 0.15) is 0 Å². The van der Waals surface area contributed by atoms with Crippen LogP contribution < -0.4 is 10.6 Å². The zero-order valence-corrected chi connectivity index (χ0v) is 13.4. The number of benzene rings is 2. The van der Waals surface area contributed by atoms with E-state index in [1.807, 2.05) is 49.4 Å². The third kappa shape index (κ3) is 3.10. The smallest absolute Gasteiger partial charge is 0.251 e. The molecule has 3 rings (SSSR count). The fraction of sp³-hybridized carbons (Fsp3) is 0.235. The van der Waals surface area contributed by atoms with E-state index < -0.39 is 0 Å². The third-order valence-electron chi connectivity index (χ3n) is 3.77. The molecule has 1 atom stereocenters. The van der Waals surface area contributed by atoms with Crippen molar-refractivity contribution in [2.45, 2.75) is 19.4 Å². The lowest BCUT2D eigenvalue weighted by atomic mass is 10.1. The second-order valence-corrected chi connectivity index (χ2v) is 6.21. The van der Waals surface area contributed by atoms with Crippen molar-refractivity contribution in [1.29, 1.82) is 0 Å². The van der Waals surface area contributed by atoms with Crippen LogP contribution in [-0.4, -0.2) is 12.5 Å². The van der Waals surface area contributed by atoms with Crippen LogP contribution in [0, 0.1) is 0 Å². The molecule has 1 amide bonds. The summed E-state index contributed by atoms with van der Waals surface area (Å²) < 4.78 is 1.02. The van der Waals surface area contributed by atoms with E-state index in [4.69, 9.17) is 0 Å². The lowest BCUT2D eigenvalue weighted by Crippen LogP contribution is -2.26. The van der Waals surface area contributed by atoms with Gasteiger partial charge in [-0.2, -0.15) is 0 Å². The first kappa shape index (κ1) is 14.1. The van der Waals surface area contributed by atoms with Gasteiger partial charge in [0.05, 0.1) is 6.04 Å². The second kappa shape index (κ2) is 5.90. The zero-order valence-electron chi connectivity index (χ0n) is 11.8. The van der Waals surface area contributed by atoms with Gasteiger partial charge < -0.3 is 10.6 Å². The Morgan fingerprint density at radius 2 is 2.14 bits per heavy atom. The lowest BCUT2D eigenvalue weighted by Gasteiger charge is -2.15. The van der Waals surface area contributed by atoms with Crippen LogP contribution in [-0.2, 0) is 6.42 Å². The van der Waals surface area contributed by atoms with E-state index in [-0.39, 0.29) is 11.9 Å². The maximum atomic E-state index is 12.4. The Kier molecular flexibility index (Phi) is 3.97. The van der Waals surface area contributed by atoms with Crippen molar-refractivity contribution in [3.8, 4) is 0 Å². The van der Waals surface area contributed by atoms with Gasteiger partial charge in [-0.3, -0.25) is 4.79 Å². The van der Waals surface area contributed by atoms with Crippen LogP contribution in [0.4, 0.5) is 5.69 Å². The summed E-state index contributed by atoms with van der Waals surface area (Å²) in [4.78, 5) is 12.4. The van der Waals surface area contributed by atoms with Crippen LogP contribution in [0.25, 0.3) is 0 Å². The van der Waals surface area contributed by atoms with Gasteiger partial charge >= 0.3 is 0 Å². The fourth-order valence-electron chi connectivity index (χ4n) is 2.59. The number of nitrogens with one attached hydrogen (secondary N) is 2. The minimum Gasteiger partial charge on any atom is -0.384 e. The summed E-state index contributed by atoms with van der Waals surface area (Å²) >= 11 is 3.46. The number of carbonyl (C=O) groups is 1. The van der Waals surface area contributed by atoms with Gasteiger partial charge in [0.15, 0.2) is 0 Å². The molecule has 2 N–H and O–H groups in total. The maximum absolute atomic E-state index is 12.4. The van der Waals surface area contributed by atoms with Crippen LogP contribution in [0.5, 0.6) is 0 Å². The van der Waals surface area contributed by atoms with Crippen molar-refractivity contribution in [2.24, 2.45) is 0 Å². The molecule has 0 aliphatic carbocycles. The van der Waals surface area contributed by atoms with Gasteiger partial charge in [0.25, 0.3) is 5.91 Å². The van der Waals surface area contributed by atoms with E-state index in [9.17, 15) is 4.79 Å². The third-order valence-corrected chi connectivity index (χ3v) is 4.27. The van der Waals surface area contributed by atoms with E-state index in [2.05, 4.69) is 26.6 Å². The van der Waals surface area contributed by atoms with Crippen LogP contribution in [0.3, 0.4) is 0 Å². The summed E-state index contributed by atoms with van der Waals surface area (Å²) in [5.74, 6) is -0.0304. The summed E-state index contributed by atoms with van der Waals surface area (Å²) in [6.45, 7) is 2.95. The van der Waals surface area contributed by atoms with Crippen molar-refractivity contribution in [1.82, 2.24) is 5.32 Å². The molecule has 0 radical (unpaired) electrons. The van der Waals surface area contributed by atoms with Gasteiger partial charge in [-0.1, -0.05) is 28.1 Å². The topological polar surface area (TPSA) is 41.1 Å². The average molecular weight is 345 g/mol. The zero-order chi connectivity index (χ0) is 14.8. The molecule has 0 saturated carbocycles. The molecule has 0 unspecified atom stereocenters. The van der Waals surface area contributed by atoms with Gasteiger partial charge in [0.2, 0.25) is 0 Å². The van der Waals surface area contributed by atoms with Crippen LogP contribution in [0.1, 0.15) is 34.5 Å². The van der Waals surface area contributed by atoms with Gasteiger partial charge in [-0.25, -0.2) is 0 Å². The number of hydrogen-bond donors (Lipinski definition) is 2. The first-order valence-electron chi connectivity index (χ1n) is 7.06. The Morgan fingerprint density at radius 3 is 2.95 bits per heavy atom. The summed E-state index contributed by atoms with van der Waals surface area (Å²) in [5, 5.41) is 6.35. The van der Waals surface area contributed by atoms with Crippen molar-refractivity contribution in [3.05, 3.63) is 63.6 Å². The number of carbonyl (C=O) groups excluding carboxylic acids is 1. The molecule has 1 heterocycles. The highest BCUT2D eigenvalue weighted by Crippen LogP contribution is 2.23. The number of halogens is 1. The largest absolute Gasteiger partial charge is 0.384 e.